The standard InChI is InChI=1S/C23H22Cl2N4O4/c1-12(29-22(32)15-9-17(24)18(25)10-16(15)23(29)33)21(31)27-14-5-2-4-13(8-14)11-28-7-3-6-19(28)20(26)30/h2,4-5,8-10,12,19H,3,6-7,11H2,1H3,(H2,26,30)(H,27,31). The smallest absolute Gasteiger partial charge is 0.262 e. The van der Waals surface area contributed by atoms with Crippen LogP contribution in [0.4, 0.5) is 5.69 Å². The zero-order chi connectivity index (χ0) is 23.9. The number of nitrogens with one attached hydrogen (secondary N) is 1. The van der Waals surface area contributed by atoms with Crippen molar-refractivity contribution in [3.63, 3.8) is 0 Å². The fourth-order valence-electron chi connectivity index (χ4n) is 4.29. The van der Waals surface area contributed by atoms with Gasteiger partial charge in [-0.2, -0.15) is 0 Å². The van der Waals surface area contributed by atoms with E-state index in [0.717, 1.165) is 29.8 Å². The minimum atomic E-state index is -1.06. The Bertz CT molecular complexity index is 1130. The Morgan fingerprint density at radius 3 is 2.36 bits per heavy atom. The highest BCUT2D eigenvalue weighted by Crippen LogP contribution is 2.32. The number of rotatable bonds is 6. The molecule has 8 nitrogen and oxygen atoms in total. The number of carbonyl (C=O) groups excluding carboxylic acids is 4. The van der Waals surface area contributed by atoms with Crippen LogP contribution in [-0.4, -0.2) is 52.1 Å². The zero-order valence-electron chi connectivity index (χ0n) is 17.8. The normalized spacial score (nSPS) is 19.0. The summed E-state index contributed by atoms with van der Waals surface area (Å²) in [5.74, 6) is -2.06. The molecule has 2 aromatic rings. The maximum absolute atomic E-state index is 12.9. The number of nitrogens with zero attached hydrogens (tertiary/aromatic N) is 2. The summed E-state index contributed by atoms with van der Waals surface area (Å²) in [6, 6.07) is 8.52. The van der Waals surface area contributed by atoms with Gasteiger partial charge in [0, 0.05) is 12.2 Å². The number of anilines is 1. The van der Waals surface area contributed by atoms with Crippen molar-refractivity contribution in [2.75, 3.05) is 11.9 Å². The molecule has 1 fully saturated rings. The fourth-order valence-corrected chi connectivity index (χ4v) is 4.62. The van der Waals surface area contributed by atoms with Crippen LogP contribution in [0.3, 0.4) is 0 Å². The van der Waals surface area contributed by atoms with Crippen molar-refractivity contribution in [3.8, 4) is 0 Å². The first-order chi connectivity index (χ1) is 15.7. The Balaban J connectivity index is 1.46. The number of hydrogen-bond acceptors (Lipinski definition) is 5. The van der Waals surface area contributed by atoms with Crippen LogP contribution in [0, 0.1) is 0 Å². The highest BCUT2D eigenvalue weighted by atomic mass is 35.5. The summed E-state index contributed by atoms with van der Waals surface area (Å²) >= 11 is 12.0. The van der Waals surface area contributed by atoms with Gasteiger partial charge in [0.1, 0.15) is 6.04 Å². The van der Waals surface area contributed by atoms with E-state index >= 15 is 0 Å². The van der Waals surface area contributed by atoms with Gasteiger partial charge in [0.05, 0.1) is 27.2 Å². The molecule has 0 aliphatic carbocycles. The Labute approximate surface area is 200 Å². The maximum atomic E-state index is 12.9. The van der Waals surface area contributed by atoms with Crippen molar-refractivity contribution in [1.82, 2.24) is 9.80 Å². The van der Waals surface area contributed by atoms with Crippen molar-refractivity contribution in [2.45, 2.75) is 38.4 Å². The number of likely N-dealkylation sites (tertiary alicyclic amines) is 1. The molecule has 0 saturated carbocycles. The summed E-state index contributed by atoms with van der Waals surface area (Å²) in [4.78, 5) is 53.0. The van der Waals surface area contributed by atoms with Gasteiger partial charge < -0.3 is 11.1 Å². The maximum Gasteiger partial charge on any atom is 0.262 e. The summed E-state index contributed by atoms with van der Waals surface area (Å²) in [5.41, 5.74) is 7.14. The third kappa shape index (κ3) is 4.46. The van der Waals surface area contributed by atoms with Crippen molar-refractivity contribution in [2.24, 2.45) is 5.73 Å². The molecule has 0 radical (unpaired) electrons. The lowest BCUT2D eigenvalue weighted by atomic mass is 10.1. The highest BCUT2D eigenvalue weighted by Gasteiger charge is 2.41. The second-order valence-electron chi connectivity index (χ2n) is 8.19. The van der Waals surface area contributed by atoms with Crippen molar-refractivity contribution in [3.05, 3.63) is 63.1 Å². The highest BCUT2D eigenvalue weighted by molar-refractivity contribution is 6.43. The van der Waals surface area contributed by atoms with Crippen LogP contribution in [0.1, 0.15) is 46.0 Å². The van der Waals surface area contributed by atoms with E-state index in [0.29, 0.717) is 12.2 Å². The zero-order valence-corrected chi connectivity index (χ0v) is 19.3. The largest absolute Gasteiger partial charge is 0.368 e. The second kappa shape index (κ2) is 9.13. The quantitative estimate of drug-likeness (QED) is 0.606. The topological polar surface area (TPSA) is 113 Å². The molecule has 2 aliphatic rings. The third-order valence-corrected chi connectivity index (χ3v) is 6.72. The van der Waals surface area contributed by atoms with Gasteiger partial charge in [-0.05, 0) is 56.1 Å². The molecule has 4 amide bonds. The number of halogens is 2. The molecular weight excluding hydrogens is 467 g/mol. The van der Waals surface area contributed by atoms with Crippen LogP contribution in [0.2, 0.25) is 10.0 Å². The van der Waals surface area contributed by atoms with E-state index < -0.39 is 23.8 Å². The number of amides is 4. The lowest BCUT2D eigenvalue weighted by Gasteiger charge is -2.23. The third-order valence-electron chi connectivity index (χ3n) is 6.00. The van der Waals surface area contributed by atoms with E-state index in [1.54, 1.807) is 18.2 Å². The average Bonchev–Trinajstić information content (AvgIpc) is 3.32. The average molecular weight is 489 g/mol. The Morgan fingerprint density at radius 2 is 1.76 bits per heavy atom. The molecule has 33 heavy (non-hydrogen) atoms. The number of fused-ring (bicyclic) bond motifs is 1. The molecule has 2 heterocycles. The Hall–Kier alpha value is -2.94. The van der Waals surface area contributed by atoms with Crippen molar-refractivity contribution >= 4 is 52.5 Å². The van der Waals surface area contributed by atoms with E-state index in [1.807, 2.05) is 11.0 Å². The van der Waals surface area contributed by atoms with Gasteiger partial charge >= 0.3 is 0 Å². The number of hydrogen-bond donors (Lipinski definition) is 2. The summed E-state index contributed by atoms with van der Waals surface area (Å²) < 4.78 is 0. The molecule has 0 aromatic heterocycles. The van der Waals surface area contributed by atoms with E-state index in [9.17, 15) is 19.2 Å². The summed E-state index contributed by atoms with van der Waals surface area (Å²) in [7, 11) is 0. The molecule has 1 saturated heterocycles. The van der Waals surface area contributed by atoms with E-state index in [4.69, 9.17) is 28.9 Å². The van der Waals surface area contributed by atoms with Crippen LogP contribution >= 0.6 is 23.2 Å². The van der Waals surface area contributed by atoms with Crippen LogP contribution in [0.5, 0.6) is 0 Å². The van der Waals surface area contributed by atoms with Gasteiger partial charge in [0.15, 0.2) is 0 Å². The van der Waals surface area contributed by atoms with Gasteiger partial charge in [0.2, 0.25) is 11.8 Å². The monoisotopic (exact) mass is 488 g/mol. The van der Waals surface area contributed by atoms with E-state index in [1.165, 1.54) is 19.1 Å². The molecule has 0 bridgehead atoms. The molecular formula is C23H22Cl2N4O4. The van der Waals surface area contributed by atoms with Gasteiger partial charge in [0.25, 0.3) is 11.8 Å². The van der Waals surface area contributed by atoms with Crippen molar-refractivity contribution < 1.29 is 19.2 Å². The molecule has 2 aromatic carbocycles. The number of carbonyl (C=O) groups is 4. The number of benzene rings is 2. The molecule has 3 N–H and O–H groups in total. The summed E-state index contributed by atoms with van der Waals surface area (Å²) in [6.45, 7) is 2.77. The lowest BCUT2D eigenvalue weighted by Crippen LogP contribution is -2.45. The van der Waals surface area contributed by atoms with Crippen LogP contribution < -0.4 is 11.1 Å². The number of nitrogens with two attached hydrogens (primary N) is 1. The fraction of sp³-hybridized carbons (Fsp3) is 0.304. The minimum absolute atomic E-state index is 0.116. The summed E-state index contributed by atoms with van der Waals surface area (Å²) in [5, 5.41) is 3.07. The molecule has 2 atom stereocenters. The predicted octanol–water partition coefficient (Wildman–Crippen LogP) is 3.07. The Morgan fingerprint density at radius 1 is 1.12 bits per heavy atom. The lowest BCUT2D eigenvalue weighted by molar-refractivity contribution is -0.122. The SMILES string of the molecule is CC(C(=O)Nc1cccc(CN2CCCC2C(N)=O)c1)N1C(=O)c2cc(Cl)c(Cl)cc2C1=O. The first-order valence-electron chi connectivity index (χ1n) is 10.5. The molecule has 4 rings (SSSR count). The number of imide groups is 1. The molecule has 0 spiro atoms. The van der Waals surface area contributed by atoms with E-state index in [2.05, 4.69) is 5.32 Å². The summed E-state index contributed by atoms with van der Waals surface area (Å²) in [6.07, 6.45) is 1.64. The molecule has 2 unspecified atom stereocenters. The van der Waals surface area contributed by atoms with Gasteiger partial charge in [-0.3, -0.25) is 29.0 Å². The van der Waals surface area contributed by atoms with Crippen molar-refractivity contribution in [1.29, 1.82) is 0 Å². The van der Waals surface area contributed by atoms with E-state index in [-0.39, 0.29) is 33.1 Å². The minimum Gasteiger partial charge on any atom is -0.368 e. The first-order valence-corrected chi connectivity index (χ1v) is 11.2. The van der Waals surface area contributed by atoms with Gasteiger partial charge in [-0.1, -0.05) is 35.3 Å². The molecule has 172 valence electrons. The molecule has 2 aliphatic heterocycles. The van der Waals surface area contributed by atoms with Gasteiger partial charge in [-0.15, -0.1) is 0 Å². The second-order valence-corrected chi connectivity index (χ2v) is 9.00. The van der Waals surface area contributed by atoms with Crippen LogP contribution in [-0.2, 0) is 16.1 Å². The van der Waals surface area contributed by atoms with Crippen LogP contribution in [0.25, 0.3) is 0 Å². The number of primary amides is 1. The van der Waals surface area contributed by atoms with Gasteiger partial charge in [-0.25, -0.2) is 0 Å². The molecule has 10 heteroatoms. The first kappa shape index (κ1) is 23.2. The predicted molar refractivity (Wildman–Crippen MR) is 124 cm³/mol. The Kier molecular flexibility index (Phi) is 6.43. The van der Waals surface area contributed by atoms with Crippen LogP contribution in [0.15, 0.2) is 36.4 Å².